The van der Waals surface area contributed by atoms with Gasteiger partial charge in [0.25, 0.3) is 0 Å². The van der Waals surface area contributed by atoms with E-state index in [0.717, 1.165) is 33.9 Å². The minimum absolute atomic E-state index is 0.0326. The molecule has 1 saturated heterocycles. The van der Waals surface area contributed by atoms with Crippen LogP contribution in [0.25, 0.3) is 16.6 Å². The number of hydrogen-bond donors (Lipinski definition) is 1. The molecule has 8 nitrogen and oxygen atoms in total. The molecule has 0 radical (unpaired) electrons. The Balaban J connectivity index is 1.40. The van der Waals surface area contributed by atoms with Crippen LogP contribution in [0.15, 0.2) is 54.6 Å². The number of anilines is 1. The molecule has 8 heteroatoms. The van der Waals surface area contributed by atoms with Gasteiger partial charge in [0.05, 0.1) is 5.52 Å². The van der Waals surface area contributed by atoms with E-state index < -0.39 is 0 Å². The first-order valence-corrected chi connectivity index (χ1v) is 11.5. The lowest BCUT2D eigenvalue weighted by atomic mass is 10.2. The minimum Gasteiger partial charge on any atom is -0.338 e. The van der Waals surface area contributed by atoms with Crippen LogP contribution >= 0.6 is 0 Å². The summed E-state index contributed by atoms with van der Waals surface area (Å²) in [5.74, 6) is 1.95. The third kappa shape index (κ3) is 3.97. The van der Waals surface area contributed by atoms with E-state index in [1.807, 2.05) is 59.5 Å². The molecule has 0 spiro atoms. The summed E-state index contributed by atoms with van der Waals surface area (Å²) >= 11 is 0. The average Bonchev–Trinajstić information content (AvgIpc) is 3.28. The number of aromatic nitrogens is 4. The van der Waals surface area contributed by atoms with Gasteiger partial charge in [-0.05, 0) is 24.6 Å². The van der Waals surface area contributed by atoms with E-state index in [1.54, 1.807) is 0 Å². The van der Waals surface area contributed by atoms with Gasteiger partial charge in [-0.3, -0.25) is 0 Å². The number of fused-ring (bicyclic) bond motifs is 3. The second-order valence-corrected chi connectivity index (χ2v) is 8.93. The molecule has 2 aromatic heterocycles. The number of para-hydroxylation sites is 1. The van der Waals surface area contributed by atoms with Crippen LogP contribution in [0.3, 0.4) is 0 Å². The van der Waals surface area contributed by atoms with Crippen LogP contribution < -0.4 is 10.2 Å². The van der Waals surface area contributed by atoms with E-state index in [1.165, 1.54) is 0 Å². The molecule has 1 unspecified atom stereocenters. The molecule has 170 valence electrons. The number of benzene rings is 2. The number of carbonyl (C=O) groups excluding carboxylic acids is 1. The molecule has 2 amide bonds. The van der Waals surface area contributed by atoms with Crippen molar-refractivity contribution in [3.63, 3.8) is 0 Å². The summed E-state index contributed by atoms with van der Waals surface area (Å²) in [5.41, 5.74) is 2.82. The Morgan fingerprint density at radius 1 is 1.06 bits per heavy atom. The Morgan fingerprint density at radius 2 is 1.82 bits per heavy atom. The lowest BCUT2D eigenvalue weighted by Gasteiger charge is -2.40. The largest absolute Gasteiger partial charge is 0.338 e. The molecule has 1 aliphatic rings. The average molecular weight is 444 g/mol. The van der Waals surface area contributed by atoms with Crippen molar-refractivity contribution >= 4 is 28.5 Å². The summed E-state index contributed by atoms with van der Waals surface area (Å²) in [7, 11) is 0. The van der Waals surface area contributed by atoms with Gasteiger partial charge in [0.15, 0.2) is 5.65 Å². The smallest absolute Gasteiger partial charge is 0.318 e. The van der Waals surface area contributed by atoms with E-state index in [2.05, 4.69) is 45.6 Å². The van der Waals surface area contributed by atoms with Gasteiger partial charge in [0.1, 0.15) is 5.82 Å². The molecule has 2 aromatic carbocycles. The standard InChI is InChI=1S/C25H29N7O/c1-17(2)22-28-29-23-20-11-7-8-12-21(20)27-24(32(22)23)30-13-14-31(18(3)16-30)25(33)26-15-19-9-5-4-6-10-19/h4-12,17-18H,13-16H2,1-3H3,(H,26,33). The predicted octanol–water partition coefficient (Wildman–Crippen LogP) is 3.82. The molecule has 3 heterocycles. The summed E-state index contributed by atoms with van der Waals surface area (Å²) in [6.07, 6.45) is 0. The number of nitrogens with one attached hydrogen (secondary N) is 1. The lowest BCUT2D eigenvalue weighted by Crippen LogP contribution is -2.57. The maximum Gasteiger partial charge on any atom is 0.318 e. The number of hydrogen-bond acceptors (Lipinski definition) is 5. The van der Waals surface area contributed by atoms with Gasteiger partial charge in [0, 0.05) is 43.5 Å². The van der Waals surface area contributed by atoms with E-state index in [-0.39, 0.29) is 18.0 Å². The number of piperazine rings is 1. The Morgan fingerprint density at radius 3 is 2.58 bits per heavy atom. The van der Waals surface area contributed by atoms with Crippen molar-refractivity contribution in [2.75, 3.05) is 24.5 Å². The minimum atomic E-state index is -0.0326. The van der Waals surface area contributed by atoms with Gasteiger partial charge in [-0.25, -0.2) is 14.2 Å². The Kier molecular flexibility index (Phi) is 5.58. The zero-order chi connectivity index (χ0) is 22.9. The van der Waals surface area contributed by atoms with E-state index in [0.29, 0.717) is 26.2 Å². The normalized spacial score (nSPS) is 16.7. The van der Waals surface area contributed by atoms with Gasteiger partial charge >= 0.3 is 6.03 Å². The topological polar surface area (TPSA) is 78.7 Å². The highest BCUT2D eigenvalue weighted by molar-refractivity contribution is 5.92. The van der Waals surface area contributed by atoms with Crippen LogP contribution in [-0.4, -0.2) is 56.2 Å². The lowest BCUT2D eigenvalue weighted by molar-refractivity contribution is 0.170. The van der Waals surface area contributed by atoms with Crippen molar-refractivity contribution in [2.45, 2.75) is 39.3 Å². The third-order valence-electron chi connectivity index (χ3n) is 6.23. The Hall–Kier alpha value is -3.68. The van der Waals surface area contributed by atoms with Crippen molar-refractivity contribution in [2.24, 2.45) is 0 Å². The van der Waals surface area contributed by atoms with Crippen LogP contribution in [0, 0.1) is 0 Å². The zero-order valence-corrected chi connectivity index (χ0v) is 19.3. The second-order valence-electron chi connectivity index (χ2n) is 8.93. The molecule has 1 fully saturated rings. The molecule has 0 aliphatic carbocycles. The molecule has 0 bridgehead atoms. The highest BCUT2D eigenvalue weighted by atomic mass is 16.2. The fraction of sp³-hybridized carbons (Fsp3) is 0.360. The molecule has 1 N–H and O–H groups in total. The van der Waals surface area contributed by atoms with Gasteiger partial charge in [0.2, 0.25) is 5.95 Å². The SMILES string of the molecule is CC(C)c1nnc2c3ccccc3nc(N3CCN(C(=O)NCc4ccccc4)C(C)C3)n12. The first-order chi connectivity index (χ1) is 16.0. The molecule has 5 rings (SSSR count). The number of urea groups is 1. The van der Waals surface area contributed by atoms with E-state index in [4.69, 9.17) is 4.98 Å². The fourth-order valence-corrected chi connectivity index (χ4v) is 4.49. The molecule has 1 aliphatic heterocycles. The summed E-state index contributed by atoms with van der Waals surface area (Å²) in [4.78, 5) is 22.0. The number of nitrogens with zero attached hydrogens (tertiary/aromatic N) is 6. The second kappa shape index (κ2) is 8.69. The summed E-state index contributed by atoms with van der Waals surface area (Å²) in [6, 6.07) is 18.0. The third-order valence-corrected chi connectivity index (χ3v) is 6.23. The molecule has 0 saturated carbocycles. The number of carbonyl (C=O) groups is 1. The maximum absolute atomic E-state index is 12.9. The monoisotopic (exact) mass is 443 g/mol. The van der Waals surface area contributed by atoms with Crippen LogP contribution in [0.2, 0.25) is 0 Å². The van der Waals surface area contributed by atoms with Crippen LogP contribution in [0.4, 0.5) is 10.7 Å². The molecule has 1 atom stereocenters. The van der Waals surface area contributed by atoms with Crippen molar-refractivity contribution in [1.29, 1.82) is 0 Å². The first kappa shape index (κ1) is 21.2. The molecule has 4 aromatic rings. The maximum atomic E-state index is 12.9. The number of amides is 2. The van der Waals surface area contributed by atoms with E-state index >= 15 is 0 Å². The summed E-state index contributed by atoms with van der Waals surface area (Å²) in [5, 5.41) is 13.0. The van der Waals surface area contributed by atoms with Crippen molar-refractivity contribution < 1.29 is 4.79 Å². The molecular weight excluding hydrogens is 414 g/mol. The van der Waals surface area contributed by atoms with Gasteiger partial charge in [-0.2, -0.15) is 0 Å². The van der Waals surface area contributed by atoms with Gasteiger partial charge in [-0.1, -0.05) is 56.3 Å². The first-order valence-electron chi connectivity index (χ1n) is 11.5. The van der Waals surface area contributed by atoms with Crippen molar-refractivity contribution in [3.8, 4) is 0 Å². The van der Waals surface area contributed by atoms with Crippen molar-refractivity contribution in [1.82, 2.24) is 29.8 Å². The summed E-state index contributed by atoms with van der Waals surface area (Å²) < 4.78 is 2.09. The van der Waals surface area contributed by atoms with Gasteiger partial charge < -0.3 is 15.1 Å². The Bertz CT molecular complexity index is 1280. The van der Waals surface area contributed by atoms with Crippen LogP contribution in [-0.2, 0) is 6.54 Å². The van der Waals surface area contributed by atoms with Crippen LogP contribution in [0.1, 0.15) is 38.1 Å². The quantitative estimate of drug-likeness (QED) is 0.519. The molecule has 33 heavy (non-hydrogen) atoms. The van der Waals surface area contributed by atoms with Crippen molar-refractivity contribution in [3.05, 3.63) is 66.0 Å². The van der Waals surface area contributed by atoms with Gasteiger partial charge in [-0.15, -0.1) is 10.2 Å². The summed E-state index contributed by atoms with van der Waals surface area (Å²) in [6.45, 7) is 8.85. The Labute approximate surface area is 193 Å². The highest BCUT2D eigenvalue weighted by Crippen LogP contribution is 2.28. The fourth-order valence-electron chi connectivity index (χ4n) is 4.49. The predicted molar refractivity (Wildman–Crippen MR) is 129 cm³/mol. The van der Waals surface area contributed by atoms with E-state index in [9.17, 15) is 4.79 Å². The van der Waals surface area contributed by atoms with Crippen LogP contribution in [0.5, 0.6) is 0 Å². The highest BCUT2D eigenvalue weighted by Gasteiger charge is 2.30. The molecular formula is C25H29N7O. The zero-order valence-electron chi connectivity index (χ0n) is 19.3. The number of rotatable bonds is 4.